The van der Waals surface area contributed by atoms with Crippen molar-refractivity contribution in [3.05, 3.63) is 11.9 Å². The minimum atomic E-state index is -0.305. The molecule has 1 fully saturated rings. The highest BCUT2D eigenvalue weighted by molar-refractivity contribution is 5.99. The van der Waals surface area contributed by atoms with E-state index in [0.29, 0.717) is 26.2 Å². The summed E-state index contributed by atoms with van der Waals surface area (Å²) in [4.78, 5) is 34.5. The summed E-state index contributed by atoms with van der Waals surface area (Å²) in [6.07, 6.45) is 2.75. The quantitative estimate of drug-likeness (QED) is 0.711. The summed E-state index contributed by atoms with van der Waals surface area (Å²) in [5.74, 6) is -0.333. The molecule has 0 bridgehead atoms. The first-order valence-corrected chi connectivity index (χ1v) is 7.82. The predicted molar refractivity (Wildman–Crippen MR) is 93.1 cm³/mol. The lowest BCUT2D eigenvalue weighted by Gasteiger charge is -2.32. The molecule has 1 unspecified atom stereocenters. The molecular weight excluding hydrogens is 350 g/mol. The van der Waals surface area contributed by atoms with Gasteiger partial charge in [0.05, 0.1) is 20.1 Å². The summed E-state index contributed by atoms with van der Waals surface area (Å²) in [5.41, 5.74) is 5.57. The topological polar surface area (TPSA) is 120 Å². The average molecular weight is 374 g/mol. The summed E-state index contributed by atoms with van der Waals surface area (Å²) in [5, 5.41) is 2.77. The number of nitrogens with two attached hydrogens (primary N) is 1. The van der Waals surface area contributed by atoms with Crippen molar-refractivity contribution in [3.63, 3.8) is 0 Å². The van der Waals surface area contributed by atoms with Crippen LogP contribution in [0.2, 0.25) is 0 Å². The highest BCUT2D eigenvalue weighted by Gasteiger charge is 2.32. The zero-order valence-electron chi connectivity index (χ0n) is 14.4. The fourth-order valence-electron chi connectivity index (χ4n) is 2.72. The Kier molecular flexibility index (Phi) is 8.36. The number of likely N-dealkylation sites (tertiary alicyclic amines) is 1. The van der Waals surface area contributed by atoms with E-state index in [1.165, 1.54) is 20.5 Å². The molecule has 10 heteroatoms. The van der Waals surface area contributed by atoms with Crippen molar-refractivity contribution >= 4 is 24.2 Å². The van der Waals surface area contributed by atoms with E-state index in [2.05, 4.69) is 15.3 Å². The summed E-state index contributed by atoms with van der Waals surface area (Å²) in [6, 6.07) is 0. The van der Waals surface area contributed by atoms with Gasteiger partial charge in [0.15, 0.2) is 5.56 Å². The molecule has 140 valence electrons. The normalized spacial score (nSPS) is 16.6. The highest BCUT2D eigenvalue weighted by Crippen LogP contribution is 2.27. The van der Waals surface area contributed by atoms with Crippen LogP contribution in [0.3, 0.4) is 0 Å². The minimum absolute atomic E-state index is 0. The van der Waals surface area contributed by atoms with Crippen LogP contribution in [0.4, 0.5) is 0 Å². The van der Waals surface area contributed by atoms with E-state index in [1.54, 1.807) is 4.90 Å². The first-order valence-electron chi connectivity index (χ1n) is 7.82. The summed E-state index contributed by atoms with van der Waals surface area (Å²) >= 11 is 0. The number of hydrogen-bond acceptors (Lipinski definition) is 7. The van der Waals surface area contributed by atoms with E-state index in [0.717, 1.165) is 12.8 Å². The third-order valence-electron chi connectivity index (χ3n) is 3.90. The molecule has 1 aromatic heterocycles. The van der Waals surface area contributed by atoms with Crippen LogP contribution in [0.15, 0.2) is 6.33 Å². The number of carbonyl (C=O) groups is 2. The monoisotopic (exact) mass is 373 g/mol. The van der Waals surface area contributed by atoms with Gasteiger partial charge in [0, 0.05) is 26.2 Å². The lowest BCUT2D eigenvalue weighted by atomic mass is 9.96. The standard InChI is InChI=1S/C15H23N5O4.ClH/c1-23-13-11(14(24-2)19-9-18-13)15(22)20-7-3-4-10(8-20)12(21)17-6-5-16;/h9-10H,3-8,16H2,1-2H3,(H,17,21);1H. The molecule has 2 rings (SSSR count). The molecule has 0 aliphatic carbocycles. The average Bonchev–Trinajstić information content (AvgIpc) is 2.64. The van der Waals surface area contributed by atoms with Crippen molar-refractivity contribution in [2.24, 2.45) is 11.7 Å². The largest absolute Gasteiger partial charge is 0.480 e. The molecule has 1 saturated heterocycles. The summed E-state index contributed by atoms with van der Waals surface area (Å²) < 4.78 is 10.3. The van der Waals surface area contributed by atoms with Gasteiger partial charge in [0.2, 0.25) is 17.7 Å². The van der Waals surface area contributed by atoms with Crippen molar-refractivity contribution in [3.8, 4) is 11.8 Å². The fraction of sp³-hybridized carbons (Fsp3) is 0.600. The van der Waals surface area contributed by atoms with Crippen LogP contribution in [-0.4, -0.2) is 67.1 Å². The maximum atomic E-state index is 12.9. The maximum Gasteiger partial charge on any atom is 0.264 e. The molecule has 0 saturated carbocycles. The number of rotatable bonds is 6. The Labute approximate surface area is 152 Å². The van der Waals surface area contributed by atoms with Gasteiger partial charge in [-0.15, -0.1) is 12.4 Å². The molecule has 0 radical (unpaired) electrons. The number of carbonyl (C=O) groups excluding carboxylic acids is 2. The molecule has 0 spiro atoms. The molecule has 3 N–H and O–H groups in total. The number of nitrogens with one attached hydrogen (secondary N) is 1. The van der Waals surface area contributed by atoms with Gasteiger partial charge in [-0.05, 0) is 12.8 Å². The molecular formula is C15H24ClN5O4. The first kappa shape index (κ1) is 20.9. The Morgan fingerprint density at radius 3 is 2.52 bits per heavy atom. The summed E-state index contributed by atoms with van der Waals surface area (Å²) in [7, 11) is 2.86. The second-order valence-electron chi connectivity index (χ2n) is 5.44. The molecule has 2 heterocycles. The lowest BCUT2D eigenvalue weighted by Crippen LogP contribution is -2.46. The Morgan fingerprint density at radius 1 is 1.32 bits per heavy atom. The van der Waals surface area contributed by atoms with E-state index in [9.17, 15) is 9.59 Å². The van der Waals surface area contributed by atoms with Gasteiger partial charge < -0.3 is 25.4 Å². The van der Waals surface area contributed by atoms with E-state index in [1.807, 2.05) is 0 Å². The van der Waals surface area contributed by atoms with E-state index < -0.39 is 0 Å². The SMILES string of the molecule is COc1ncnc(OC)c1C(=O)N1CCCC(C(=O)NCCN)C1.Cl. The number of methoxy groups -OCH3 is 2. The zero-order chi connectivity index (χ0) is 17.5. The van der Waals surface area contributed by atoms with E-state index in [-0.39, 0.29) is 47.5 Å². The van der Waals surface area contributed by atoms with Crippen LogP contribution in [-0.2, 0) is 4.79 Å². The third-order valence-corrected chi connectivity index (χ3v) is 3.90. The van der Waals surface area contributed by atoms with Gasteiger partial charge in [-0.3, -0.25) is 9.59 Å². The van der Waals surface area contributed by atoms with Gasteiger partial charge >= 0.3 is 0 Å². The number of ether oxygens (including phenoxy) is 2. The Hall–Kier alpha value is -2.13. The van der Waals surface area contributed by atoms with Crippen molar-refractivity contribution in [1.29, 1.82) is 0 Å². The number of nitrogens with zero attached hydrogens (tertiary/aromatic N) is 3. The van der Waals surface area contributed by atoms with Gasteiger partial charge in [0.1, 0.15) is 6.33 Å². The third kappa shape index (κ3) is 4.93. The molecule has 2 amide bonds. The number of aromatic nitrogens is 2. The van der Waals surface area contributed by atoms with E-state index in [4.69, 9.17) is 15.2 Å². The number of hydrogen-bond donors (Lipinski definition) is 2. The highest BCUT2D eigenvalue weighted by atomic mass is 35.5. The zero-order valence-corrected chi connectivity index (χ0v) is 15.2. The molecule has 1 aliphatic heterocycles. The van der Waals surface area contributed by atoms with Gasteiger partial charge in [0.25, 0.3) is 5.91 Å². The summed E-state index contributed by atoms with van der Waals surface area (Å²) in [6.45, 7) is 1.70. The molecule has 9 nitrogen and oxygen atoms in total. The molecule has 1 aliphatic rings. The number of amides is 2. The second-order valence-corrected chi connectivity index (χ2v) is 5.44. The van der Waals surface area contributed by atoms with Crippen molar-refractivity contribution < 1.29 is 19.1 Å². The Balaban J connectivity index is 0.00000312. The van der Waals surface area contributed by atoms with Crippen LogP contribution in [0.25, 0.3) is 0 Å². The van der Waals surface area contributed by atoms with E-state index >= 15 is 0 Å². The lowest BCUT2D eigenvalue weighted by molar-refractivity contribution is -0.126. The molecule has 1 atom stereocenters. The van der Waals surface area contributed by atoms with Gasteiger partial charge in [-0.25, -0.2) is 9.97 Å². The smallest absolute Gasteiger partial charge is 0.264 e. The number of piperidine rings is 1. The predicted octanol–water partition coefficient (Wildman–Crippen LogP) is -0.157. The van der Waals surface area contributed by atoms with Gasteiger partial charge in [-0.2, -0.15) is 0 Å². The maximum absolute atomic E-state index is 12.9. The Bertz CT molecular complexity index is 579. The van der Waals surface area contributed by atoms with Crippen molar-refractivity contribution in [2.75, 3.05) is 40.4 Å². The first-order chi connectivity index (χ1) is 11.6. The minimum Gasteiger partial charge on any atom is -0.480 e. The fourth-order valence-corrected chi connectivity index (χ4v) is 2.72. The van der Waals surface area contributed by atoms with Crippen LogP contribution in [0.5, 0.6) is 11.8 Å². The van der Waals surface area contributed by atoms with Crippen LogP contribution < -0.4 is 20.5 Å². The molecule has 1 aromatic rings. The van der Waals surface area contributed by atoms with Gasteiger partial charge in [-0.1, -0.05) is 0 Å². The van der Waals surface area contributed by atoms with Crippen LogP contribution in [0.1, 0.15) is 23.2 Å². The van der Waals surface area contributed by atoms with Crippen LogP contribution >= 0.6 is 12.4 Å². The number of halogens is 1. The van der Waals surface area contributed by atoms with Crippen LogP contribution in [0, 0.1) is 5.92 Å². The second kappa shape index (κ2) is 10.00. The molecule has 0 aromatic carbocycles. The Morgan fingerprint density at radius 2 is 1.96 bits per heavy atom. The van der Waals surface area contributed by atoms with Crippen molar-refractivity contribution in [1.82, 2.24) is 20.2 Å². The molecule has 25 heavy (non-hydrogen) atoms. The van der Waals surface area contributed by atoms with Crippen molar-refractivity contribution in [2.45, 2.75) is 12.8 Å².